The molecule has 5 nitrogen and oxygen atoms in total. The van der Waals surface area contributed by atoms with Gasteiger partial charge in [-0.25, -0.2) is 0 Å². The molecule has 0 amide bonds. The fourth-order valence-electron chi connectivity index (χ4n) is 1.77. The minimum atomic E-state index is -0.496. The van der Waals surface area contributed by atoms with Crippen molar-refractivity contribution in [2.75, 3.05) is 12.3 Å². The maximum atomic E-state index is 10.7. The number of aryl methyl sites for hydroxylation is 1. The van der Waals surface area contributed by atoms with E-state index in [-0.39, 0.29) is 11.4 Å². The van der Waals surface area contributed by atoms with E-state index in [2.05, 4.69) is 29.3 Å². The van der Waals surface area contributed by atoms with Crippen molar-refractivity contribution >= 4 is 23.7 Å². The number of nitro benzene ring substituents is 1. The molecular weight excluding hydrogens is 300 g/mol. The van der Waals surface area contributed by atoms with Crippen LogP contribution in [0.15, 0.2) is 52.4 Å². The number of hydrogen-bond donors (Lipinski definition) is 1. The zero-order valence-corrected chi connectivity index (χ0v) is 12.9. The van der Waals surface area contributed by atoms with Crippen LogP contribution in [0.3, 0.4) is 0 Å². The average Bonchev–Trinajstić information content (AvgIpc) is 2.50. The van der Waals surface area contributed by atoms with Crippen LogP contribution >= 0.6 is 11.8 Å². The quantitative estimate of drug-likeness (QED) is 0.289. The van der Waals surface area contributed by atoms with Crippen molar-refractivity contribution in [3.8, 4) is 5.75 Å². The molecule has 0 heterocycles. The molecule has 0 bridgehead atoms. The van der Waals surface area contributed by atoms with Crippen molar-refractivity contribution in [3.63, 3.8) is 0 Å². The van der Waals surface area contributed by atoms with Gasteiger partial charge in [0.15, 0.2) is 0 Å². The van der Waals surface area contributed by atoms with E-state index in [9.17, 15) is 15.2 Å². The van der Waals surface area contributed by atoms with Gasteiger partial charge in [-0.15, -0.1) is 11.8 Å². The van der Waals surface area contributed by atoms with E-state index in [0.717, 1.165) is 5.75 Å². The molecule has 114 valence electrons. The summed E-state index contributed by atoms with van der Waals surface area (Å²) in [5.74, 6) is 0.787. The van der Waals surface area contributed by atoms with Gasteiger partial charge in [0, 0.05) is 41.1 Å². The monoisotopic (exact) mass is 316 g/mol. The topological polar surface area (TPSA) is 75.7 Å². The Morgan fingerprint density at radius 1 is 1.27 bits per heavy atom. The van der Waals surface area contributed by atoms with Crippen LogP contribution in [0.25, 0.3) is 0 Å². The van der Waals surface area contributed by atoms with Crippen molar-refractivity contribution in [1.29, 1.82) is 0 Å². The first-order chi connectivity index (χ1) is 10.6. The summed E-state index contributed by atoms with van der Waals surface area (Å²) in [5.41, 5.74) is 1.52. The predicted octanol–water partition coefficient (Wildman–Crippen LogP) is 3.82. The molecule has 0 aliphatic heterocycles. The van der Waals surface area contributed by atoms with Gasteiger partial charge in [-0.1, -0.05) is 17.7 Å². The smallest absolute Gasteiger partial charge is 0.270 e. The van der Waals surface area contributed by atoms with Crippen molar-refractivity contribution in [3.05, 3.63) is 63.7 Å². The fraction of sp³-hybridized carbons (Fsp3) is 0.188. The van der Waals surface area contributed by atoms with E-state index >= 15 is 0 Å². The normalized spacial score (nSPS) is 11.0. The largest absolute Gasteiger partial charge is 0.507 e. The highest BCUT2D eigenvalue weighted by Gasteiger charge is 2.08. The molecule has 0 radical (unpaired) electrons. The van der Waals surface area contributed by atoms with Gasteiger partial charge in [0.05, 0.1) is 4.92 Å². The third-order valence-electron chi connectivity index (χ3n) is 2.96. The molecule has 22 heavy (non-hydrogen) atoms. The number of aliphatic imine (C=N–C) groups is 1. The number of phenols is 1. The Labute approximate surface area is 132 Å². The molecule has 1 N–H and O–H groups in total. The second kappa shape index (κ2) is 7.61. The molecule has 0 aromatic heterocycles. The van der Waals surface area contributed by atoms with Crippen molar-refractivity contribution in [2.24, 2.45) is 4.99 Å². The Hall–Kier alpha value is -2.34. The second-order valence-electron chi connectivity index (χ2n) is 4.70. The summed E-state index contributed by atoms with van der Waals surface area (Å²) in [6.45, 7) is 2.62. The van der Waals surface area contributed by atoms with E-state index in [1.54, 1.807) is 11.8 Å². The van der Waals surface area contributed by atoms with Gasteiger partial charge in [-0.2, -0.15) is 0 Å². The molecule has 0 atom stereocenters. The number of non-ortho nitro benzene ring substituents is 1. The first-order valence-corrected chi connectivity index (χ1v) is 7.71. The molecule has 6 heteroatoms. The lowest BCUT2D eigenvalue weighted by Gasteiger charge is -2.01. The maximum Gasteiger partial charge on any atom is 0.270 e. The van der Waals surface area contributed by atoms with Crippen LogP contribution in [0.5, 0.6) is 5.75 Å². The van der Waals surface area contributed by atoms with Gasteiger partial charge in [-0.3, -0.25) is 15.1 Å². The second-order valence-corrected chi connectivity index (χ2v) is 5.87. The summed E-state index contributed by atoms with van der Waals surface area (Å²) < 4.78 is 0. The van der Waals surface area contributed by atoms with Gasteiger partial charge < -0.3 is 5.11 Å². The molecule has 0 saturated heterocycles. The summed E-state index contributed by atoms with van der Waals surface area (Å²) in [6.07, 6.45) is 1.47. The summed E-state index contributed by atoms with van der Waals surface area (Å²) >= 11 is 1.69. The SMILES string of the molecule is Cc1ccc(SCCN=Cc2cc([N+](=O)[O-])ccc2O)cc1. The number of aromatic hydroxyl groups is 1. The first-order valence-electron chi connectivity index (χ1n) is 6.73. The van der Waals surface area contributed by atoms with Gasteiger partial charge in [0.2, 0.25) is 0 Å². The van der Waals surface area contributed by atoms with Crippen molar-refractivity contribution in [1.82, 2.24) is 0 Å². The average molecular weight is 316 g/mol. The van der Waals surface area contributed by atoms with Crippen LogP contribution in [-0.4, -0.2) is 28.5 Å². The molecular formula is C16H16N2O3S. The Morgan fingerprint density at radius 2 is 2.00 bits per heavy atom. The Kier molecular flexibility index (Phi) is 5.55. The van der Waals surface area contributed by atoms with Gasteiger partial charge >= 0.3 is 0 Å². The molecule has 0 aliphatic rings. The van der Waals surface area contributed by atoms with Crippen LogP contribution in [0.2, 0.25) is 0 Å². The maximum absolute atomic E-state index is 10.7. The summed E-state index contributed by atoms with van der Waals surface area (Å²) in [6, 6.07) is 12.1. The Bertz CT molecular complexity index is 684. The molecule has 0 unspecified atom stereocenters. The first kappa shape index (κ1) is 16.0. The minimum Gasteiger partial charge on any atom is -0.507 e. The van der Waals surface area contributed by atoms with Gasteiger partial charge in [0.1, 0.15) is 5.75 Å². The van der Waals surface area contributed by atoms with E-state index in [1.807, 2.05) is 6.92 Å². The van der Waals surface area contributed by atoms with E-state index in [1.165, 1.54) is 34.9 Å². The molecule has 2 rings (SSSR count). The number of phenolic OH excluding ortho intramolecular Hbond substituents is 1. The highest BCUT2D eigenvalue weighted by atomic mass is 32.2. The molecule has 0 fully saturated rings. The number of thioether (sulfide) groups is 1. The van der Waals surface area contributed by atoms with Crippen LogP contribution in [0, 0.1) is 17.0 Å². The number of hydrogen-bond acceptors (Lipinski definition) is 5. The molecule has 0 aliphatic carbocycles. The van der Waals surface area contributed by atoms with Crippen LogP contribution in [-0.2, 0) is 0 Å². The third-order valence-corrected chi connectivity index (χ3v) is 3.95. The third kappa shape index (κ3) is 4.60. The molecule has 2 aromatic carbocycles. The molecule has 2 aromatic rings. The zero-order chi connectivity index (χ0) is 15.9. The van der Waals surface area contributed by atoms with Crippen molar-refractivity contribution in [2.45, 2.75) is 11.8 Å². The fourth-order valence-corrected chi connectivity index (χ4v) is 2.53. The number of nitrogens with zero attached hydrogens (tertiary/aromatic N) is 2. The highest BCUT2D eigenvalue weighted by molar-refractivity contribution is 7.99. The lowest BCUT2D eigenvalue weighted by Crippen LogP contribution is -1.92. The number of benzene rings is 2. The summed E-state index contributed by atoms with van der Waals surface area (Å²) in [5, 5.41) is 20.4. The zero-order valence-electron chi connectivity index (χ0n) is 12.1. The summed E-state index contributed by atoms with van der Waals surface area (Å²) in [7, 11) is 0. The van der Waals surface area contributed by atoms with E-state index in [0.29, 0.717) is 12.1 Å². The Balaban J connectivity index is 1.88. The lowest BCUT2D eigenvalue weighted by atomic mass is 10.2. The summed E-state index contributed by atoms with van der Waals surface area (Å²) in [4.78, 5) is 15.6. The molecule has 0 saturated carbocycles. The van der Waals surface area contributed by atoms with Gasteiger partial charge in [-0.05, 0) is 25.1 Å². The minimum absolute atomic E-state index is 0.0134. The van der Waals surface area contributed by atoms with E-state index < -0.39 is 4.92 Å². The standard InChI is InChI=1S/C16H16N2O3S/c1-12-2-5-15(6-3-12)22-9-8-17-11-13-10-14(18(20)21)4-7-16(13)19/h2-7,10-11,19H,8-9H2,1H3. The van der Waals surface area contributed by atoms with Crippen LogP contribution in [0.4, 0.5) is 5.69 Å². The van der Waals surface area contributed by atoms with Crippen LogP contribution < -0.4 is 0 Å². The van der Waals surface area contributed by atoms with Crippen molar-refractivity contribution < 1.29 is 10.0 Å². The lowest BCUT2D eigenvalue weighted by molar-refractivity contribution is -0.384. The molecule has 0 spiro atoms. The highest BCUT2D eigenvalue weighted by Crippen LogP contribution is 2.21. The predicted molar refractivity (Wildman–Crippen MR) is 89.1 cm³/mol. The number of rotatable bonds is 6. The number of nitro groups is 1. The van der Waals surface area contributed by atoms with Gasteiger partial charge in [0.25, 0.3) is 5.69 Å². The van der Waals surface area contributed by atoms with E-state index in [4.69, 9.17) is 0 Å². The van der Waals surface area contributed by atoms with Crippen LogP contribution in [0.1, 0.15) is 11.1 Å². The Morgan fingerprint density at radius 3 is 2.68 bits per heavy atom.